The third kappa shape index (κ3) is 10.9. The van der Waals surface area contributed by atoms with Crippen molar-refractivity contribution in [2.24, 2.45) is 17.8 Å². The minimum Gasteiger partial charge on any atom is -0.497 e. The van der Waals surface area contributed by atoms with Gasteiger partial charge >= 0.3 is 0 Å². The zero-order chi connectivity index (χ0) is 39.5. The molecule has 3 aromatic carbocycles. The Morgan fingerprint density at radius 1 is 0.593 bits per heavy atom. The number of hydrogen-bond acceptors (Lipinski definition) is 6. The van der Waals surface area contributed by atoms with Crippen molar-refractivity contribution in [1.82, 2.24) is 26.2 Å². The van der Waals surface area contributed by atoms with E-state index in [1.807, 2.05) is 114 Å². The average Bonchev–Trinajstić information content (AvgIpc) is 3.13. The quantitative estimate of drug-likeness (QED) is 0.226. The molecule has 0 aliphatic carbocycles. The molecule has 0 radical (unpaired) electrons. The molecule has 0 spiro atoms. The Bertz CT molecular complexity index is 1670. The normalized spacial score (nSPS) is 22.0. The molecule has 1 fully saturated rings. The number of benzene rings is 3. The summed E-state index contributed by atoms with van der Waals surface area (Å²) in [6.07, 6.45) is 0.672. The van der Waals surface area contributed by atoms with Crippen molar-refractivity contribution in [3.8, 4) is 5.75 Å². The maximum Gasteiger partial charge on any atom is 0.245 e. The number of nitrogens with one attached hydrogen (secondary N) is 4. The SMILES string of the molecule is COc1ccc(C[C@H]2NC(=O)[C@@H](C(c3ccccc3)c3ccccc3)NC(=O)[C@H](CC(C)C)NC(=O)[C@H](C(C)C)N(C)C(=O)[C@@H](CC(C)C)NC2=O)cc1. The number of nitrogens with zero attached hydrogens (tertiary/aromatic N) is 1. The van der Waals surface area contributed by atoms with Gasteiger partial charge in [-0.1, -0.05) is 114 Å². The first kappa shape index (κ1) is 41.6. The Balaban J connectivity index is 1.92. The number of amides is 5. The van der Waals surface area contributed by atoms with E-state index >= 15 is 0 Å². The molecular weight excluding hydrogens is 683 g/mol. The molecule has 1 aliphatic rings. The van der Waals surface area contributed by atoms with Crippen LogP contribution in [0.5, 0.6) is 5.75 Å². The second-order valence-electron chi connectivity index (χ2n) is 15.4. The van der Waals surface area contributed by atoms with Crippen LogP contribution in [0.3, 0.4) is 0 Å². The van der Waals surface area contributed by atoms with E-state index < -0.39 is 65.7 Å². The standard InChI is InChI=1S/C43H57N5O6/c1-26(2)23-33-40(50)47-37(36(30-15-11-9-12-16-30)31-17-13-10-14-18-31)41(51)44-34(25-29-19-21-32(54-8)22-20-29)39(49)46-35(24-27(3)4)43(53)48(7)38(28(5)6)42(52)45-33/h9-22,26-28,33-38H,23-25H2,1-8H3,(H,44,51)(H,45,52)(H,46,49)(H,47,50)/t33-,34+,35+,37+,38-/m0/s1. The largest absolute Gasteiger partial charge is 0.497 e. The zero-order valence-electron chi connectivity index (χ0n) is 32.8. The van der Waals surface area contributed by atoms with Crippen LogP contribution in [0.25, 0.3) is 0 Å². The molecule has 4 N–H and O–H groups in total. The highest BCUT2D eigenvalue weighted by molar-refractivity contribution is 5.98. The molecule has 1 saturated heterocycles. The van der Waals surface area contributed by atoms with Crippen LogP contribution >= 0.6 is 0 Å². The molecule has 0 bridgehead atoms. The van der Waals surface area contributed by atoms with Gasteiger partial charge in [0.15, 0.2) is 0 Å². The van der Waals surface area contributed by atoms with Crippen LogP contribution in [0, 0.1) is 17.8 Å². The molecule has 1 aliphatic heterocycles. The number of likely N-dealkylation sites (N-methyl/N-ethyl adjacent to an activating group) is 1. The molecule has 4 rings (SSSR count). The number of carbonyl (C=O) groups excluding carboxylic acids is 5. The molecule has 1 heterocycles. The Morgan fingerprint density at radius 3 is 1.57 bits per heavy atom. The molecule has 0 unspecified atom stereocenters. The summed E-state index contributed by atoms with van der Waals surface area (Å²) in [6.45, 7) is 11.5. The first-order valence-electron chi connectivity index (χ1n) is 18.9. The van der Waals surface area contributed by atoms with E-state index in [0.29, 0.717) is 12.2 Å². The van der Waals surface area contributed by atoms with Crippen molar-refractivity contribution >= 4 is 29.5 Å². The van der Waals surface area contributed by atoms with E-state index in [4.69, 9.17) is 4.74 Å². The van der Waals surface area contributed by atoms with Crippen molar-refractivity contribution in [2.45, 2.75) is 96.9 Å². The van der Waals surface area contributed by atoms with Crippen LogP contribution in [0.1, 0.15) is 77.0 Å². The van der Waals surface area contributed by atoms with Gasteiger partial charge in [0.2, 0.25) is 29.5 Å². The predicted molar refractivity (Wildman–Crippen MR) is 209 cm³/mol. The minimum atomic E-state index is -1.21. The lowest BCUT2D eigenvalue weighted by Crippen LogP contribution is -2.59. The van der Waals surface area contributed by atoms with Crippen molar-refractivity contribution in [2.75, 3.05) is 14.2 Å². The van der Waals surface area contributed by atoms with E-state index in [1.165, 1.54) is 4.90 Å². The fourth-order valence-electron chi connectivity index (χ4n) is 7.15. The maximum atomic E-state index is 14.9. The van der Waals surface area contributed by atoms with Gasteiger partial charge in [0.25, 0.3) is 0 Å². The van der Waals surface area contributed by atoms with Crippen molar-refractivity contribution < 1.29 is 28.7 Å². The van der Waals surface area contributed by atoms with E-state index in [-0.39, 0.29) is 30.6 Å². The molecule has 0 aromatic heterocycles. The highest BCUT2D eigenvalue weighted by atomic mass is 16.5. The lowest BCUT2D eigenvalue weighted by atomic mass is 9.84. The molecule has 5 amide bonds. The van der Waals surface area contributed by atoms with Gasteiger partial charge in [0.05, 0.1) is 7.11 Å². The summed E-state index contributed by atoms with van der Waals surface area (Å²) in [5.74, 6) is -2.99. The maximum absolute atomic E-state index is 14.9. The summed E-state index contributed by atoms with van der Waals surface area (Å²) in [5, 5.41) is 11.9. The van der Waals surface area contributed by atoms with Gasteiger partial charge in [0, 0.05) is 19.4 Å². The van der Waals surface area contributed by atoms with Crippen LogP contribution < -0.4 is 26.0 Å². The van der Waals surface area contributed by atoms with E-state index in [9.17, 15) is 24.0 Å². The lowest BCUT2D eigenvalue weighted by Gasteiger charge is -2.35. The fraction of sp³-hybridized carbons (Fsp3) is 0.465. The van der Waals surface area contributed by atoms with Crippen LogP contribution in [-0.2, 0) is 30.4 Å². The van der Waals surface area contributed by atoms with Crippen LogP contribution in [0.4, 0.5) is 0 Å². The van der Waals surface area contributed by atoms with E-state index in [0.717, 1.165) is 16.7 Å². The third-order valence-corrected chi connectivity index (χ3v) is 9.79. The number of carbonyl (C=O) groups is 5. The first-order chi connectivity index (χ1) is 25.7. The van der Waals surface area contributed by atoms with Crippen LogP contribution in [0.2, 0.25) is 0 Å². The van der Waals surface area contributed by atoms with Gasteiger partial charge in [-0.3, -0.25) is 24.0 Å². The first-order valence-corrected chi connectivity index (χ1v) is 18.9. The second-order valence-corrected chi connectivity index (χ2v) is 15.4. The smallest absolute Gasteiger partial charge is 0.245 e. The Hall–Kier alpha value is -5.19. The van der Waals surface area contributed by atoms with Gasteiger partial charge in [-0.25, -0.2) is 0 Å². The summed E-state index contributed by atoms with van der Waals surface area (Å²) in [6, 6.07) is 20.7. The van der Waals surface area contributed by atoms with Gasteiger partial charge in [-0.05, 0) is 59.4 Å². The highest BCUT2D eigenvalue weighted by Gasteiger charge is 2.40. The van der Waals surface area contributed by atoms with Gasteiger partial charge in [0.1, 0.15) is 36.0 Å². The third-order valence-electron chi connectivity index (χ3n) is 9.79. The Morgan fingerprint density at radius 2 is 1.07 bits per heavy atom. The molecule has 5 atom stereocenters. The van der Waals surface area contributed by atoms with Crippen LogP contribution in [0.15, 0.2) is 84.9 Å². The fourth-order valence-corrected chi connectivity index (χ4v) is 7.15. The predicted octanol–water partition coefficient (Wildman–Crippen LogP) is 4.60. The van der Waals surface area contributed by atoms with Crippen molar-refractivity contribution in [3.05, 3.63) is 102 Å². The Kier molecular flexibility index (Phi) is 14.8. The van der Waals surface area contributed by atoms with Crippen molar-refractivity contribution in [1.29, 1.82) is 0 Å². The topological polar surface area (TPSA) is 146 Å². The Labute approximate surface area is 320 Å². The van der Waals surface area contributed by atoms with Gasteiger partial charge in [-0.15, -0.1) is 0 Å². The highest BCUT2D eigenvalue weighted by Crippen LogP contribution is 2.29. The lowest BCUT2D eigenvalue weighted by molar-refractivity contribution is -0.144. The van der Waals surface area contributed by atoms with E-state index in [1.54, 1.807) is 26.3 Å². The molecular formula is C43H57N5O6. The van der Waals surface area contributed by atoms with Gasteiger partial charge in [-0.2, -0.15) is 0 Å². The number of methoxy groups -OCH3 is 1. The van der Waals surface area contributed by atoms with E-state index in [2.05, 4.69) is 21.3 Å². The number of hydrogen-bond donors (Lipinski definition) is 4. The van der Waals surface area contributed by atoms with Gasteiger partial charge < -0.3 is 30.9 Å². The number of ether oxygens (including phenoxy) is 1. The zero-order valence-corrected chi connectivity index (χ0v) is 32.8. The number of rotatable bonds is 11. The molecule has 11 nitrogen and oxygen atoms in total. The monoisotopic (exact) mass is 739 g/mol. The summed E-state index contributed by atoms with van der Waals surface area (Å²) in [5.41, 5.74) is 2.28. The molecule has 11 heteroatoms. The summed E-state index contributed by atoms with van der Waals surface area (Å²) in [4.78, 5) is 73.5. The molecule has 290 valence electrons. The summed E-state index contributed by atoms with van der Waals surface area (Å²) >= 11 is 0. The second kappa shape index (κ2) is 19.2. The summed E-state index contributed by atoms with van der Waals surface area (Å²) < 4.78 is 5.33. The minimum absolute atomic E-state index is 0.00237. The van der Waals surface area contributed by atoms with Crippen molar-refractivity contribution in [3.63, 3.8) is 0 Å². The molecule has 54 heavy (non-hydrogen) atoms. The molecule has 3 aromatic rings. The molecule has 0 saturated carbocycles. The average molecular weight is 740 g/mol. The summed E-state index contributed by atoms with van der Waals surface area (Å²) in [7, 11) is 3.12. The van der Waals surface area contributed by atoms with Crippen LogP contribution in [-0.4, -0.2) is 78.8 Å².